The molecule has 13 heteroatoms. The number of carboxylic acid groups (broad SMARTS) is 1. The van der Waals surface area contributed by atoms with Crippen molar-refractivity contribution in [3.05, 3.63) is 29.8 Å². The van der Waals surface area contributed by atoms with Crippen molar-refractivity contribution < 1.29 is 42.4 Å². The van der Waals surface area contributed by atoms with Crippen LogP contribution >= 0.6 is 0 Å². The molecule has 1 heterocycles. The number of aliphatic carboxylic acids is 1. The Morgan fingerprint density at radius 3 is 2.54 bits per heavy atom. The zero-order valence-corrected chi connectivity index (χ0v) is 19.8. The Kier molecular flexibility index (Phi) is 10.4. The van der Waals surface area contributed by atoms with E-state index in [1.165, 1.54) is 17.9 Å². The van der Waals surface area contributed by atoms with Crippen molar-refractivity contribution in [2.75, 3.05) is 18.0 Å². The van der Waals surface area contributed by atoms with Crippen LogP contribution in [0.2, 0.25) is 0 Å². The summed E-state index contributed by atoms with van der Waals surface area (Å²) in [6.07, 6.45) is -0.340. The van der Waals surface area contributed by atoms with Crippen molar-refractivity contribution >= 4 is 37.1 Å². The molecule has 35 heavy (non-hydrogen) atoms. The van der Waals surface area contributed by atoms with Crippen LogP contribution in [-0.4, -0.2) is 67.7 Å². The molecule has 0 bridgehead atoms. The second kappa shape index (κ2) is 13.0. The molecule has 1 aromatic carbocycles. The lowest BCUT2D eigenvalue weighted by molar-refractivity contribution is -0.138. The number of hydrogen-bond acceptors (Lipinski definition) is 7. The van der Waals surface area contributed by atoms with Crippen LogP contribution < -0.4 is 15.5 Å². The predicted molar refractivity (Wildman–Crippen MR) is 122 cm³/mol. The molecule has 2 unspecified atom stereocenters. The molecule has 1 aromatic rings. The quantitative estimate of drug-likeness (QED) is 0.259. The Morgan fingerprint density at radius 1 is 1.29 bits per heavy atom. The number of benzene rings is 1. The van der Waals surface area contributed by atoms with Gasteiger partial charge in [-0.15, -0.1) is 0 Å². The number of halogens is 2. The Hall–Kier alpha value is -3.22. The van der Waals surface area contributed by atoms with Crippen molar-refractivity contribution in [2.24, 2.45) is 5.92 Å². The summed E-state index contributed by atoms with van der Waals surface area (Å²) in [5.41, 5.74) is 0.0979. The van der Waals surface area contributed by atoms with Gasteiger partial charge in [0.1, 0.15) is 17.7 Å². The minimum absolute atomic E-state index is 0.0557. The molecule has 0 radical (unpaired) electrons. The number of amides is 2. The number of rotatable bonds is 14. The molecule has 1 fully saturated rings. The van der Waals surface area contributed by atoms with Gasteiger partial charge in [0.2, 0.25) is 11.8 Å². The van der Waals surface area contributed by atoms with E-state index in [-0.39, 0.29) is 24.5 Å². The Morgan fingerprint density at radius 2 is 2.00 bits per heavy atom. The van der Waals surface area contributed by atoms with Crippen LogP contribution in [0, 0.1) is 17.6 Å². The van der Waals surface area contributed by atoms with Gasteiger partial charge in [-0.1, -0.05) is 13.8 Å². The van der Waals surface area contributed by atoms with E-state index in [4.69, 9.17) is 14.4 Å². The first-order chi connectivity index (χ1) is 16.5. The van der Waals surface area contributed by atoms with Crippen LogP contribution in [0.3, 0.4) is 0 Å². The second-order valence-corrected chi connectivity index (χ2v) is 8.76. The van der Waals surface area contributed by atoms with Gasteiger partial charge in [0, 0.05) is 12.6 Å². The summed E-state index contributed by atoms with van der Waals surface area (Å²) in [5, 5.41) is 14.1. The number of nitrogens with zero attached hydrogens (tertiary/aromatic N) is 1. The van der Waals surface area contributed by atoms with Gasteiger partial charge in [0.05, 0.1) is 30.7 Å². The summed E-state index contributed by atoms with van der Waals surface area (Å²) in [6, 6.07) is 2.39. The molecule has 1 aliphatic heterocycles. The fraction of sp³-hybridized carbons (Fsp3) is 0.545. The average Bonchev–Trinajstić information content (AvgIpc) is 2.71. The maximum Gasteiger partial charge on any atom is 0.551 e. The summed E-state index contributed by atoms with van der Waals surface area (Å²) >= 11 is 0. The third kappa shape index (κ3) is 8.50. The standard InChI is InChI=1S/C22H30BF2N3O7/c1-13(2)8-19(23(34-12-29)35-14(3)9-21(31)32)27-20(30)11-26-22(33)18-6-7-28(18)17-5-4-15(24)10-16(17)25/h4-5,10,12-14,18-19H,6-9,11H2,1-3H3,(H,26,33)(H,27,30)(H,31,32)/t14?,18?,19-/m0/s1. The molecule has 2 rings (SSSR count). The topological polar surface area (TPSA) is 134 Å². The molecule has 3 atom stereocenters. The smallest absolute Gasteiger partial charge is 0.511 e. The molecule has 192 valence electrons. The predicted octanol–water partition coefficient (Wildman–Crippen LogP) is 1.27. The lowest BCUT2D eigenvalue weighted by Crippen LogP contribution is -2.58. The van der Waals surface area contributed by atoms with Crippen LogP contribution in [0.1, 0.15) is 40.0 Å². The molecule has 3 N–H and O–H groups in total. The molecule has 0 aliphatic carbocycles. The van der Waals surface area contributed by atoms with E-state index in [0.717, 1.165) is 12.1 Å². The fourth-order valence-corrected chi connectivity index (χ4v) is 3.75. The van der Waals surface area contributed by atoms with Gasteiger partial charge in [-0.05, 0) is 37.8 Å². The monoisotopic (exact) mass is 497 g/mol. The minimum atomic E-state index is -1.23. The normalized spacial score (nSPS) is 16.6. The van der Waals surface area contributed by atoms with E-state index in [2.05, 4.69) is 10.6 Å². The van der Waals surface area contributed by atoms with Crippen molar-refractivity contribution in [3.63, 3.8) is 0 Å². The Labute approximate surface area is 202 Å². The third-order valence-electron chi connectivity index (χ3n) is 5.38. The van der Waals surface area contributed by atoms with E-state index in [1.807, 2.05) is 13.8 Å². The number of nitrogens with one attached hydrogen (secondary N) is 2. The molecular formula is C22H30BF2N3O7. The lowest BCUT2D eigenvalue weighted by Gasteiger charge is -2.41. The van der Waals surface area contributed by atoms with Gasteiger partial charge in [-0.25, -0.2) is 8.78 Å². The molecule has 0 aromatic heterocycles. The van der Waals surface area contributed by atoms with E-state index in [9.17, 15) is 28.0 Å². The summed E-state index contributed by atoms with van der Waals surface area (Å²) < 4.78 is 37.7. The summed E-state index contributed by atoms with van der Waals surface area (Å²) in [7, 11) is -1.23. The van der Waals surface area contributed by atoms with Crippen molar-refractivity contribution in [3.8, 4) is 0 Å². The molecule has 2 amide bonds. The van der Waals surface area contributed by atoms with Gasteiger partial charge in [-0.3, -0.25) is 19.2 Å². The molecule has 0 saturated carbocycles. The number of hydrogen-bond donors (Lipinski definition) is 3. The van der Waals surface area contributed by atoms with Crippen LogP contribution in [0.5, 0.6) is 0 Å². The molecule has 0 spiro atoms. The second-order valence-electron chi connectivity index (χ2n) is 8.76. The largest absolute Gasteiger partial charge is 0.551 e. The Bertz CT molecular complexity index is 921. The van der Waals surface area contributed by atoms with Gasteiger partial charge < -0.3 is 29.9 Å². The highest BCUT2D eigenvalue weighted by molar-refractivity contribution is 6.48. The minimum Gasteiger partial charge on any atom is -0.511 e. The van der Waals surface area contributed by atoms with E-state index >= 15 is 0 Å². The van der Waals surface area contributed by atoms with Crippen molar-refractivity contribution in [2.45, 2.75) is 58.1 Å². The third-order valence-corrected chi connectivity index (χ3v) is 5.38. The van der Waals surface area contributed by atoms with Crippen LogP contribution in [0.25, 0.3) is 0 Å². The highest BCUT2D eigenvalue weighted by Crippen LogP contribution is 2.29. The SMILES string of the molecule is CC(C)C[C@H](NC(=O)CNC(=O)C1CCN1c1ccc(F)cc1F)B(OC=O)OC(C)CC(=O)O. The van der Waals surface area contributed by atoms with Crippen molar-refractivity contribution in [1.82, 2.24) is 10.6 Å². The van der Waals surface area contributed by atoms with Gasteiger partial charge in [0.25, 0.3) is 6.47 Å². The maximum absolute atomic E-state index is 14.1. The number of carbonyl (C=O) groups excluding carboxylic acids is 3. The zero-order valence-electron chi connectivity index (χ0n) is 19.8. The molecule has 1 saturated heterocycles. The van der Waals surface area contributed by atoms with Gasteiger partial charge >= 0.3 is 13.1 Å². The Balaban J connectivity index is 1.96. The first kappa shape index (κ1) is 28.0. The highest BCUT2D eigenvalue weighted by atomic mass is 19.1. The van der Waals surface area contributed by atoms with Crippen LogP contribution in [-0.2, 0) is 28.5 Å². The number of anilines is 1. The van der Waals surface area contributed by atoms with E-state index in [0.29, 0.717) is 19.4 Å². The number of carboxylic acids is 1. The fourth-order valence-electron chi connectivity index (χ4n) is 3.75. The summed E-state index contributed by atoms with van der Waals surface area (Å²) in [5.74, 6) is -4.43. The van der Waals surface area contributed by atoms with Crippen LogP contribution in [0.4, 0.5) is 14.5 Å². The lowest BCUT2D eigenvalue weighted by atomic mass is 9.73. The molecular weight excluding hydrogens is 467 g/mol. The maximum atomic E-state index is 14.1. The number of carbonyl (C=O) groups is 4. The van der Waals surface area contributed by atoms with Crippen molar-refractivity contribution in [1.29, 1.82) is 0 Å². The molecule has 1 aliphatic rings. The first-order valence-electron chi connectivity index (χ1n) is 11.3. The summed E-state index contributed by atoms with van der Waals surface area (Å²) in [4.78, 5) is 48.5. The van der Waals surface area contributed by atoms with Gasteiger partial charge in [-0.2, -0.15) is 0 Å². The van der Waals surface area contributed by atoms with E-state index < -0.39 is 61.2 Å². The first-order valence-corrected chi connectivity index (χ1v) is 11.3. The van der Waals surface area contributed by atoms with E-state index in [1.54, 1.807) is 0 Å². The average molecular weight is 497 g/mol. The summed E-state index contributed by atoms with van der Waals surface area (Å²) in [6.45, 7) is 5.40. The van der Waals surface area contributed by atoms with Crippen LogP contribution in [0.15, 0.2) is 18.2 Å². The molecule has 10 nitrogen and oxygen atoms in total. The highest BCUT2D eigenvalue weighted by Gasteiger charge is 2.38. The van der Waals surface area contributed by atoms with Gasteiger partial charge in [0.15, 0.2) is 0 Å². The zero-order chi connectivity index (χ0) is 26.1.